The Morgan fingerprint density at radius 1 is 1.33 bits per heavy atom. The number of nitrogens with zero attached hydrogens (tertiary/aromatic N) is 4. The van der Waals surface area contributed by atoms with E-state index >= 15 is 0 Å². The molecule has 1 aliphatic rings. The minimum Gasteiger partial charge on any atom is -0.370 e. The summed E-state index contributed by atoms with van der Waals surface area (Å²) in [5.41, 5.74) is 1.09. The Morgan fingerprint density at radius 2 is 2.14 bits per heavy atom. The lowest BCUT2D eigenvalue weighted by atomic mass is 10.3. The number of thiazole rings is 1. The first-order chi connectivity index (χ1) is 10.2. The molecule has 0 unspecified atom stereocenters. The van der Waals surface area contributed by atoms with Crippen LogP contribution < -0.4 is 10.2 Å². The van der Waals surface area contributed by atoms with Gasteiger partial charge in [-0.1, -0.05) is 0 Å². The van der Waals surface area contributed by atoms with Crippen LogP contribution in [0.25, 0.3) is 0 Å². The highest BCUT2D eigenvalue weighted by Gasteiger charge is 2.27. The number of hydrogen-bond acceptors (Lipinski definition) is 6. The first-order valence-corrected chi connectivity index (χ1v) is 8.28. The Morgan fingerprint density at radius 3 is 2.76 bits per heavy atom. The van der Waals surface area contributed by atoms with Gasteiger partial charge in [-0.15, -0.1) is 11.3 Å². The maximum Gasteiger partial charge on any atom is 0.136 e. The highest BCUT2D eigenvalue weighted by Crippen LogP contribution is 2.39. The SMILES string of the molecule is CCNc1cc(N(C)Cc2csc(C)n2)nc(C2CC2)n1. The largest absolute Gasteiger partial charge is 0.370 e. The van der Waals surface area contributed by atoms with Crippen molar-refractivity contribution in [3.63, 3.8) is 0 Å². The lowest BCUT2D eigenvalue weighted by Gasteiger charge is -2.18. The van der Waals surface area contributed by atoms with Gasteiger partial charge in [-0.05, 0) is 26.7 Å². The molecule has 21 heavy (non-hydrogen) atoms. The first kappa shape index (κ1) is 14.3. The van der Waals surface area contributed by atoms with Gasteiger partial charge in [-0.2, -0.15) is 0 Å². The van der Waals surface area contributed by atoms with Crippen molar-refractivity contribution in [3.05, 3.63) is 28.0 Å². The number of nitrogens with one attached hydrogen (secondary N) is 1. The van der Waals surface area contributed by atoms with Crippen molar-refractivity contribution in [2.24, 2.45) is 0 Å². The third-order valence-corrected chi connectivity index (χ3v) is 4.31. The molecule has 1 N–H and O–H groups in total. The fraction of sp³-hybridized carbons (Fsp3) is 0.533. The van der Waals surface area contributed by atoms with Gasteiger partial charge in [-0.3, -0.25) is 0 Å². The zero-order valence-corrected chi connectivity index (χ0v) is 13.6. The van der Waals surface area contributed by atoms with E-state index in [1.165, 1.54) is 12.8 Å². The molecule has 0 radical (unpaired) electrons. The molecule has 3 rings (SSSR count). The van der Waals surface area contributed by atoms with Crippen LogP contribution in [-0.2, 0) is 6.54 Å². The van der Waals surface area contributed by atoms with Gasteiger partial charge in [0, 0.05) is 31.0 Å². The summed E-state index contributed by atoms with van der Waals surface area (Å²) in [5.74, 6) is 3.42. The molecule has 0 amide bonds. The molecule has 2 aromatic heterocycles. The van der Waals surface area contributed by atoms with Gasteiger partial charge in [0.15, 0.2) is 0 Å². The van der Waals surface area contributed by atoms with E-state index < -0.39 is 0 Å². The van der Waals surface area contributed by atoms with Gasteiger partial charge < -0.3 is 10.2 Å². The van der Waals surface area contributed by atoms with Crippen molar-refractivity contribution < 1.29 is 0 Å². The molecule has 2 heterocycles. The van der Waals surface area contributed by atoms with Gasteiger partial charge in [0.05, 0.1) is 17.2 Å². The smallest absolute Gasteiger partial charge is 0.136 e. The van der Waals surface area contributed by atoms with Crippen LogP contribution in [0.4, 0.5) is 11.6 Å². The second kappa shape index (κ2) is 5.97. The van der Waals surface area contributed by atoms with Crippen molar-refractivity contribution in [2.75, 3.05) is 23.8 Å². The van der Waals surface area contributed by atoms with Crippen molar-refractivity contribution in [3.8, 4) is 0 Å². The van der Waals surface area contributed by atoms with Crippen molar-refractivity contribution in [2.45, 2.75) is 39.2 Å². The minimum atomic E-state index is 0.553. The van der Waals surface area contributed by atoms with Crippen LogP contribution in [0.15, 0.2) is 11.4 Å². The molecule has 1 fully saturated rings. The lowest BCUT2D eigenvalue weighted by molar-refractivity contribution is 0.839. The highest BCUT2D eigenvalue weighted by atomic mass is 32.1. The fourth-order valence-corrected chi connectivity index (χ4v) is 2.85. The monoisotopic (exact) mass is 303 g/mol. The summed E-state index contributed by atoms with van der Waals surface area (Å²) < 4.78 is 0. The quantitative estimate of drug-likeness (QED) is 0.888. The molecule has 0 saturated heterocycles. The van der Waals surface area contributed by atoms with Crippen LogP contribution in [0.3, 0.4) is 0 Å². The average molecular weight is 303 g/mol. The van der Waals surface area contributed by atoms with Crippen LogP contribution in [0, 0.1) is 6.92 Å². The second-order valence-corrected chi connectivity index (χ2v) is 6.55. The number of hydrogen-bond donors (Lipinski definition) is 1. The van der Waals surface area contributed by atoms with E-state index in [1.807, 2.05) is 13.0 Å². The average Bonchev–Trinajstić information content (AvgIpc) is 3.23. The van der Waals surface area contributed by atoms with Gasteiger partial charge in [0.1, 0.15) is 17.5 Å². The molecule has 0 spiro atoms. The van der Waals surface area contributed by atoms with E-state index in [9.17, 15) is 0 Å². The van der Waals surface area contributed by atoms with Crippen molar-refractivity contribution in [1.82, 2.24) is 15.0 Å². The lowest BCUT2D eigenvalue weighted by Crippen LogP contribution is -2.19. The molecule has 1 aliphatic carbocycles. The van der Waals surface area contributed by atoms with E-state index in [2.05, 4.69) is 39.5 Å². The van der Waals surface area contributed by atoms with Gasteiger partial charge in [0.2, 0.25) is 0 Å². The summed E-state index contributed by atoms with van der Waals surface area (Å²) in [4.78, 5) is 16.0. The summed E-state index contributed by atoms with van der Waals surface area (Å²) in [7, 11) is 2.06. The minimum absolute atomic E-state index is 0.553. The zero-order chi connectivity index (χ0) is 14.8. The van der Waals surface area contributed by atoms with Crippen LogP contribution in [0.5, 0.6) is 0 Å². The Kier molecular flexibility index (Phi) is 4.05. The normalized spacial score (nSPS) is 14.2. The summed E-state index contributed by atoms with van der Waals surface area (Å²) in [6.45, 7) is 5.76. The van der Waals surface area contributed by atoms with E-state index in [0.29, 0.717) is 5.92 Å². The molecule has 2 aromatic rings. The van der Waals surface area contributed by atoms with Crippen molar-refractivity contribution >= 4 is 23.0 Å². The van der Waals surface area contributed by atoms with Crippen LogP contribution in [-0.4, -0.2) is 28.5 Å². The van der Waals surface area contributed by atoms with E-state index in [4.69, 9.17) is 4.98 Å². The molecule has 1 saturated carbocycles. The number of aryl methyl sites for hydroxylation is 1. The van der Waals surface area contributed by atoms with E-state index in [0.717, 1.165) is 41.3 Å². The van der Waals surface area contributed by atoms with Gasteiger partial charge in [0.25, 0.3) is 0 Å². The fourth-order valence-electron chi connectivity index (χ4n) is 2.25. The zero-order valence-electron chi connectivity index (χ0n) is 12.8. The molecular formula is C15H21N5S. The molecule has 0 bridgehead atoms. The Hall–Kier alpha value is -1.69. The molecular weight excluding hydrogens is 282 g/mol. The molecule has 6 heteroatoms. The maximum atomic E-state index is 4.73. The number of anilines is 2. The summed E-state index contributed by atoms with van der Waals surface area (Å²) in [5, 5.41) is 6.52. The van der Waals surface area contributed by atoms with Crippen LogP contribution in [0.2, 0.25) is 0 Å². The number of rotatable bonds is 6. The van der Waals surface area contributed by atoms with Gasteiger partial charge >= 0.3 is 0 Å². The maximum absolute atomic E-state index is 4.73. The highest BCUT2D eigenvalue weighted by molar-refractivity contribution is 7.09. The molecule has 0 aromatic carbocycles. The Bertz CT molecular complexity index is 620. The van der Waals surface area contributed by atoms with E-state index in [1.54, 1.807) is 11.3 Å². The van der Waals surface area contributed by atoms with Crippen LogP contribution >= 0.6 is 11.3 Å². The third kappa shape index (κ3) is 3.50. The Balaban J connectivity index is 1.81. The predicted octanol–water partition coefficient (Wildman–Crippen LogP) is 3.19. The summed E-state index contributed by atoms with van der Waals surface area (Å²) in [6, 6.07) is 2.02. The topological polar surface area (TPSA) is 53.9 Å². The standard InChI is InChI=1S/C15H21N5S/c1-4-16-13-7-14(19-15(18-13)11-5-6-11)20(3)8-12-9-21-10(2)17-12/h7,9,11H,4-6,8H2,1-3H3,(H,16,18,19). The van der Waals surface area contributed by atoms with Crippen molar-refractivity contribution in [1.29, 1.82) is 0 Å². The molecule has 112 valence electrons. The predicted molar refractivity (Wildman–Crippen MR) is 87.1 cm³/mol. The van der Waals surface area contributed by atoms with Gasteiger partial charge in [-0.25, -0.2) is 15.0 Å². The molecule has 0 aliphatic heterocycles. The summed E-state index contributed by atoms with van der Waals surface area (Å²) >= 11 is 1.69. The molecule has 0 atom stereocenters. The molecule has 5 nitrogen and oxygen atoms in total. The summed E-state index contributed by atoms with van der Waals surface area (Å²) in [6.07, 6.45) is 2.42. The van der Waals surface area contributed by atoms with E-state index in [-0.39, 0.29) is 0 Å². The number of aromatic nitrogens is 3. The third-order valence-electron chi connectivity index (χ3n) is 3.49. The Labute approximate surface area is 129 Å². The van der Waals surface area contributed by atoms with Crippen LogP contribution in [0.1, 0.15) is 42.2 Å². The first-order valence-electron chi connectivity index (χ1n) is 7.40. The second-order valence-electron chi connectivity index (χ2n) is 5.49.